The Bertz CT molecular complexity index is 977. The van der Waals surface area contributed by atoms with Crippen LogP contribution >= 0.6 is 23.2 Å². The van der Waals surface area contributed by atoms with Gasteiger partial charge in [-0.1, -0.05) is 62.2 Å². The molecule has 0 aliphatic carbocycles. The maximum atomic E-state index is 13.8. The number of nitrogens with one attached hydrogen (secondary N) is 1. The highest BCUT2D eigenvalue weighted by Gasteiger charge is 2.50. The molecular weight excluding hydrogens is 428 g/mol. The van der Waals surface area contributed by atoms with E-state index < -0.39 is 22.6 Å². The van der Waals surface area contributed by atoms with E-state index >= 15 is 0 Å². The molecule has 1 amide bonds. The molecule has 30 heavy (non-hydrogen) atoms. The molecule has 0 aromatic heterocycles. The van der Waals surface area contributed by atoms with Crippen molar-refractivity contribution in [3.8, 4) is 0 Å². The van der Waals surface area contributed by atoms with Crippen molar-refractivity contribution in [3.63, 3.8) is 0 Å². The fourth-order valence-electron chi connectivity index (χ4n) is 4.39. The molecule has 2 aromatic carbocycles. The lowest BCUT2D eigenvalue weighted by atomic mass is 9.62. The summed E-state index contributed by atoms with van der Waals surface area (Å²) < 4.78 is 13.8. The number of carboxylic acids is 1. The minimum atomic E-state index is -1.09. The summed E-state index contributed by atoms with van der Waals surface area (Å²) >= 11 is 12.1. The monoisotopic (exact) mass is 451 g/mol. The van der Waals surface area contributed by atoms with Gasteiger partial charge < -0.3 is 10.4 Å². The van der Waals surface area contributed by atoms with Crippen LogP contribution in [0.5, 0.6) is 0 Å². The van der Waals surface area contributed by atoms with E-state index in [9.17, 15) is 19.1 Å². The number of piperidine rings is 1. The van der Waals surface area contributed by atoms with E-state index in [0.29, 0.717) is 11.4 Å². The van der Waals surface area contributed by atoms with E-state index in [-0.39, 0.29) is 29.3 Å². The third kappa shape index (κ3) is 4.33. The average Bonchev–Trinajstić information content (AvgIpc) is 2.65. The van der Waals surface area contributed by atoms with Gasteiger partial charge >= 0.3 is 5.97 Å². The van der Waals surface area contributed by atoms with Gasteiger partial charge in [0.1, 0.15) is 5.82 Å². The molecule has 7 heteroatoms. The van der Waals surface area contributed by atoms with Crippen LogP contribution in [0, 0.1) is 11.2 Å². The van der Waals surface area contributed by atoms with Crippen LogP contribution in [0.4, 0.5) is 4.39 Å². The molecule has 1 aliphatic heterocycles. The number of rotatable bonds is 5. The molecule has 2 aromatic rings. The van der Waals surface area contributed by atoms with E-state index in [2.05, 4.69) is 5.32 Å². The van der Waals surface area contributed by atoms with Gasteiger partial charge in [-0.05, 0) is 41.8 Å². The highest BCUT2D eigenvalue weighted by Crippen LogP contribution is 2.47. The lowest BCUT2D eigenvalue weighted by molar-refractivity contribution is -0.147. The quantitative estimate of drug-likeness (QED) is 0.624. The number of hydrogen-bond donors (Lipinski definition) is 2. The van der Waals surface area contributed by atoms with Gasteiger partial charge in [0, 0.05) is 22.4 Å². The second-order valence-electron chi connectivity index (χ2n) is 8.80. The largest absolute Gasteiger partial charge is 0.481 e. The fraction of sp³-hybridized carbons (Fsp3) is 0.391. The zero-order valence-corrected chi connectivity index (χ0v) is 18.5. The number of amides is 1. The first kappa shape index (κ1) is 22.6. The summed E-state index contributed by atoms with van der Waals surface area (Å²) in [6.07, 6.45) is 0.00708. The van der Waals surface area contributed by atoms with E-state index in [1.807, 2.05) is 26.0 Å². The summed E-state index contributed by atoms with van der Waals surface area (Å²) in [5.74, 6) is -2.14. The topological polar surface area (TPSA) is 66.4 Å². The molecule has 0 unspecified atom stereocenters. The van der Waals surface area contributed by atoms with Gasteiger partial charge in [0.25, 0.3) is 0 Å². The van der Waals surface area contributed by atoms with Gasteiger partial charge in [-0.15, -0.1) is 0 Å². The molecule has 0 spiro atoms. The van der Waals surface area contributed by atoms with Crippen LogP contribution in [0.25, 0.3) is 0 Å². The van der Waals surface area contributed by atoms with Crippen molar-refractivity contribution < 1.29 is 19.1 Å². The second-order valence-corrected chi connectivity index (χ2v) is 9.64. The minimum Gasteiger partial charge on any atom is -0.481 e. The predicted molar refractivity (Wildman–Crippen MR) is 116 cm³/mol. The van der Waals surface area contributed by atoms with Crippen molar-refractivity contribution in [2.24, 2.45) is 5.41 Å². The van der Waals surface area contributed by atoms with E-state index in [4.69, 9.17) is 23.2 Å². The first-order valence-electron chi connectivity index (χ1n) is 9.68. The Morgan fingerprint density at radius 2 is 1.87 bits per heavy atom. The van der Waals surface area contributed by atoms with Crippen molar-refractivity contribution in [2.75, 3.05) is 0 Å². The van der Waals surface area contributed by atoms with Crippen LogP contribution in [-0.2, 0) is 15.0 Å². The van der Waals surface area contributed by atoms with Gasteiger partial charge in [0.2, 0.25) is 5.91 Å². The number of hydrogen-bond acceptors (Lipinski definition) is 2. The molecule has 1 heterocycles. The molecule has 0 radical (unpaired) electrons. The minimum absolute atomic E-state index is 0.00705. The third-order valence-corrected chi connectivity index (χ3v) is 6.73. The lowest BCUT2D eigenvalue weighted by Gasteiger charge is -2.48. The molecule has 1 saturated heterocycles. The highest BCUT2D eigenvalue weighted by molar-refractivity contribution is 6.31. The normalized spacial score (nSPS) is 24.4. The van der Waals surface area contributed by atoms with Gasteiger partial charge in [-0.25, -0.2) is 4.39 Å². The van der Waals surface area contributed by atoms with Crippen LogP contribution in [0.2, 0.25) is 10.0 Å². The number of halogens is 3. The molecule has 160 valence electrons. The Kier molecular flexibility index (Phi) is 6.17. The Morgan fingerprint density at radius 3 is 2.43 bits per heavy atom. The summed E-state index contributed by atoms with van der Waals surface area (Å²) in [7, 11) is 0. The van der Waals surface area contributed by atoms with Crippen LogP contribution in [0.15, 0.2) is 42.5 Å². The Hall–Kier alpha value is -2.11. The smallest absolute Gasteiger partial charge is 0.304 e. The Labute approximate surface area is 185 Å². The molecular formula is C23H24Cl2FNO3. The van der Waals surface area contributed by atoms with Gasteiger partial charge in [-0.2, -0.15) is 0 Å². The molecule has 1 fully saturated rings. The van der Waals surface area contributed by atoms with Gasteiger partial charge in [-0.3, -0.25) is 9.59 Å². The predicted octanol–water partition coefficient (Wildman–Crippen LogP) is 5.56. The number of carbonyl (C=O) groups excluding carboxylic acids is 1. The second kappa shape index (κ2) is 8.20. The van der Waals surface area contributed by atoms with Crippen molar-refractivity contribution in [2.45, 2.75) is 51.0 Å². The fourth-order valence-corrected chi connectivity index (χ4v) is 4.71. The Balaban J connectivity index is 2.09. The van der Waals surface area contributed by atoms with Gasteiger partial charge in [0.05, 0.1) is 16.9 Å². The molecule has 0 bridgehead atoms. The standard InChI is InChI=1S/C23H24Cl2FNO3/c1-22(2,14-5-7-15(24)8-6-14)20-16(13-4-9-18(26)17(25)10-13)11-23(3,12-19(28)29)21(30)27-20/h4-10,16,20H,11-12H2,1-3H3,(H,27,30)(H,28,29)/t16-,20+,23-/m1/s1. The summed E-state index contributed by atoms with van der Waals surface area (Å²) in [4.78, 5) is 24.4. The van der Waals surface area contributed by atoms with Crippen molar-refractivity contribution in [1.29, 1.82) is 0 Å². The molecule has 1 aliphatic rings. The summed E-state index contributed by atoms with van der Waals surface area (Å²) in [6, 6.07) is 11.6. The summed E-state index contributed by atoms with van der Waals surface area (Å²) in [5, 5.41) is 13.0. The molecule has 2 N–H and O–H groups in total. The number of benzene rings is 2. The van der Waals surface area contributed by atoms with Gasteiger partial charge in [0.15, 0.2) is 0 Å². The molecule has 3 atom stereocenters. The van der Waals surface area contributed by atoms with Crippen molar-refractivity contribution in [1.82, 2.24) is 5.32 Å². The molecule has 4 nitrogen and oxygen atoms in total. The van der Waals surface area contributed by atoms with E-state index in [0.717, 1.165) is 11.1 Å². The first-order valence-corrected chi connectivity index (χ1v) is 10.4. The maximum Gasteiger partial charge on any atom is 0.304 e. The van der Waals surface area contributed by atoms with Crippen molar-refractivity contribution in [3.05, 3.63) is 69.5 Å². The molecule has 0 saturated carbocycles. The summed E-state index contributed by atoms with van der Waals surface area (Å²) in [5.41, 5.74) is 0.114. The average molecular weight is 452 g/mol. The zero-order valence-electron chi connectivity index (χ0n) is 17.0. The lowest BCUT2D eigenvalue weighted by Crippen LogP contribution is -2.60. The van der Waals surface area contributed by atoms with Crippen LogP contribution < -0.4 is 5.32 Å². The van der Waals surface area contributed by atoms with Crippen LogP contribution in [0.1, 0.15) is 50.7 Å². The third-order valence-electron chi connectivity index (χ3n) is 6.19. The number of aliphatic carboxylic acids is 1. The van der Waals surface area contributed by atoms with Crippen LogP contribution in [0.3, 0.4) is 0 Å². The number of carbonyl (C=O) groups is 2. The van der Waals surface area contributed by atoms with Crippen LogP contribution in [-0.4, -0.2) is 23.0 Å². The zero-order chi connectivity index (χ0) is 22.3. The SMILES string of the molecule is CC(C)(c1ccc(Cl)cc1)[C@H]1NC(=O)[C@@](C)(CC(=O)O)C[C@@H]1c1ccc(F)c(Cl)c1. The number of carboxylic acid groups (broad SMARTS) is 1. The Morgan fingerprint density at radius 1 is 1.23 bits per heavy atom. The maximum absolute atomic E-state index is 13.8. The first-order chi connectivity index (χ1) is 13.9. The van der Waals surface area contributed by atoms with E-state index in [1.54, 1.807) is 31.2 Å². The highest BCUT2D eigenvalue weighted by atomic mass is 35.5. The van der Waals surface area contributed by atoms with E-state index in [1.165, 1.54) is 6.07 Å². The van der Waals surface area contributed by atoms with Crippen molar-refractivity contribution >= 4 is 35.1 Å². The summed E-state index contributed by atoms with van der Waals surface area (Å²) in [6.45, 7) is 5.68. The molecule has 3 rings (SSSR count).